The molecule has 0 spiro atoms. The number of carbonyl (C=O) groups excluding carboxylic acids is 1. The summed E-state index contributed by atoms with van der Waals surface area (Å²) >= 11 is 0. The average Bonchev–Trinajstić information content (AvgIpc) is 2.74. The molecule has 1 aliphatic rings. The number of hydrogen-bond donors (Lipinski definition) is 1. The zero-order valence-electron chi connectivity index (χ0n) is 16.8. The Bertz CT molecular complexity index is 990. The summed E-state index contributed by atoms with van der Waals surface area (Å²) in [7, 11) is -0.602. The Morgan fingerprint density at radius 3 is 2.52 bits per heavy atom. The molecule has 0 saturated carbocycles. The monoisotopic (exact) mass is 418 g/mol. The van der Waals surface area contributed by atoms with Crippen LogP contribution in [0.4, 0.5) is 5.69 Å². The molecule has 1 heterocycles. The first kappa shape index (κ1) is 21.1. The predicted molar refractivity (Wildman–Crippen MR) is 111 cm³/mol. The molecule has 1 N–H and O–H groups in total. The summed E-state index contributed by atoms with van der Waals surface area (Å²) in [5.41, 5.74) is 1.32. The number of anilines is 1. The third-order valence-corrected chi connectivity index (χ3v) is 6.98. The Morgan fingerprint density at radius 1 is 1.10 bits per heavy atom. The highest BCUT2D eigenvalue weighted by molar-refractivity contribution is 7.89. The van der Waals surface area contributed by atoms with Crippen LogP contribution in [0.1, 0.15) is 18.4 Å². The highest BCUT2D eigenvalue weighted by Crippen LogP contribution is 2.29. The van der Waals surface area contributed by atoms with E-state index in [-0.39, 0.29) is 17.3 Å². The molecule has 3 rings (SSSR count). The van der Waals surface area contributed by atoms with Crippen molar-refractivity contribution in [2.24, 2.45) is 5.92 Å². The third-order valence-electron chi connectivity index (χ3n) is 5.12. The number of nitrogens with one attached hydrogen (secondary N) is 1. The van der Waals surface area contributed by atoms with Crippen molar-refractivity contribution in [2.45, 2.75) is 24.7 Å². The lowest BCUT2D eigenvalue weighted by molar-refractivity contribution is -0.120. The molecule has 0 aliphatic carbocycles. The van der Waals surface area contributed by atoms with Gasteiger partial charge in [0.15, 0.2) is 0 Å². The van der Waals surface area contributed by atoms with Crippen molar-refractivity contribution in [3.8, 4) is 11.5 Å². The van der Waals surface area contributed by atoms with Crippen molar-refractivity contribution in [3.05, 3.63) is 48.0 Å². The van der Waals surface area contributed by atoms with E-state index >= 15 is 0 Å². The van der Waals surface area contributed by atoms with Gasteiger partial charge in [-0.15, -0.1) is 0 Å². The number of aryl methyl sites for hydroxylation is 1. The van der Waals surface area contributed by atoms with Crippen molar-refractivity contribution in [1.29, 1.82) is 0 Å². The Kier molecular flexibility index (Phi) is 6.44. The van der Waals surface area contributed by atoms with Crippen molar-refractivity contribution in [1.82, 2.24) is 4.31 Å². The Labute approximate surface area is 171 Å². The van der Waals surface area contributed by atoms with Crippen LogP contribution in [-0.2, 0) is 14.8 Å². The second-order valence-corrected chi connectivity index (χ2v) is 8.96. The number of ether oxygens (including phenoxy) is 2. The van der Waals surface area contributed by atoms with Crippen LogP contribution in [-0.4, -0.2) is 45.9 Å². The molecule has 1 aliphatic heterocycles. The summed E-state index contributed by atoms with van der Waals surface area (Å²) in [6.07, 6.45) is 1.26. The number of sulfonamides is 1. The summed E-state index contributed by atoms with van der Waals surface area (Å²) in [5.74, 6) is 0.564. The predicted octanol–water partition coefficient (Wildman–Crippen LogP) is 3.05. The van der Waals surface area contributed by atoms with Gasteiger partial charge in [-0.3, -0.25) is 4.79 Å². The zero-order chi connectivity index (χ0) is 21.0. The van der Waals surface area contributed by atoms with Gasteiger partial charge in [0.05, 0.1) is 30.7 Å². The molecule has 2 aromatic rings. The van der Waals surface area contributed by atoms with Gasteiger partial charge < -0.3 is 14.8 Å². The smallest absolute Gasteiger partial charge is 0.243 e. The molecule has 1 amide bonds. The van der Waals surface area contributed by atoms with Crippen LogP contribution in [0.3, 0.4) is 0 Å². The van der Waals surface area contributed by atoms with E-state index in [1.807, 2.05) is 12.1 Å². The van der Waals surface area contributed by atoms with E-state index in [0.717, 1.165) is 5.56 Å². The summed E-state index contributed by atoms with van der Waals surface area (Å²) in [5, 5.41) is 2.87. The van der Waals surface area contributed by atoms with E-state index in [1.54, 1.807) is 44.4 Å². The molecular formula is C21H26N2O5S. The molecule has 0 radical (unpaired) electrons. The van der Waals surface area contributed by atoms with Gasteiger partial charge in [-0.2, -0.15) is 4.31 Å². The van der Waals surface area contributed by atoms with E-state index in [9.17, 15) is 13.2 Å². The van der Waals surface area contributed by atoms with Gasteiger partial charge in [0, 0.05) is 13.1 Å². The maximum atomic E-state index is 13.1. The Hall–Kier alpha value is -2.58. The number of piperidine rings is 1. The quantitative estimate of drug-likeness (QED) is 0.779. The molecule has 7 nitrogen and oxygen atoms in total. The van der Waals surface area contributed by atoms with Crippen LogP contribution in [0, 0.1) is 12.8 Å². The normalized spacial score (nSPS) is 17.6. The van der Waals surface area contributed by atoms with Crippen molar-refractivity contribution in [3.63, 3.8) is 0 Å². The molecule has 29 heavy (non-hydrogen) atoms. The number of nitrogens with zero attached hydrogens (tertiary/aromatic N) is 1. The second-order valence-electron chi connectivity index (χ2n) is 7.02. The van der Waals surface area contributed by atoms with Crippen LogP contribution in [0.2, 0.25) is 0 Å². The molecule has 1 atom stereocenters. The maximum Gasteiger partial charge on any atom is 0.243 e. The van der Waals surface area contributed by atoms with Crippen LogP contribution in [0.25, 0.3) is 0 Å². The van der Waals surface area contributed by atoms with Crippen LogP contribution in [0.15, 0.2) is 47.4 Å². The van der Waals surface area contributed by atoms with E-state index < -0.39 is 15.9 Å². The fraction of sp³-hybridized carbons (Fsp3) is 0.381. The number of amides is 1. The van der Waals surface area contributed by atoms with Crippen molar-refractivity contribution >= 4 is 21.6 Å². The molecular weight excluding hydrogens is 392 g/mol. The van der Waals surface area contributed by atoms with Crippen LogP contribution >= 0.6 is 0 Å². The fourth-order valence-electron chi connectivity index (χ4n) is 3.52. The molecule has 0 unspecified atom stereocenters. The van der Waals surface area contributed by atoms with Crippen molar-refractivity contribution in [2.75, 3.05) is 32.6 Å². The minimum absolute atomic E-state index is 0.147. The number of hydrogen-bond acceptors (Lipinski definition) is 5. The first-order chi connectivity index (χ1) is 13.9. The maximum absolute atomic E-state index is 13.1. The van der Waals surface area contributed by atoms with Gasteiger partial charge in [0.2, 0.25) is 15.9 Å². The molecule has 156 valence electrons. The summed E-state index contributed by atoms with van der Waals surface area (Å²) in [6.45, 7) is 2.35. The van der Waals surface area contributed by atoms with Crippen LogP contribution < -0.4 is 14.8 Å². The highest BCUT2D eigenvalue weighted by Gasteiger charge is 2.33. The summed E-state index contributed by atoms with van der Waals surface area (Å²) < 4.78 is 38.1. The lowest BCUT2D eigenvalue weighted by Gasteiger charge is -2.31. The van der Waals surface area contributed by atoms with E-state index in [2.05, 4.69) is 5.32 Å². The molecule has 1 fully saturated rings. The topological polar surface area (TPSA) is 84.9 Å². The van der Waals surface area contributed by atoms with E-state index in [4.69, 9.17) is 9.47 Å². The van der Waals surface area contributed by atoms with E-state index in [0.29, 0.717) is 36.6 Å². The van der Waals surface area contributed by atoms with Crippen molar-refractivity contribution < 1.29 is 22.7 Å². The van der Waals surface area contributed by atoms with Gasteiger partial charge in [0.1, 0.15) is 11.5 Å². The van der Waals surface area contributed by atoms with Gasteiger partial charge in [0.25, 0.3) is 0 Å². The number of para-hydroxylation sites is 2. The van der Waals surface area contributed by atoms with Gasteiger partial charge >= 0.3 is 0 Å². The van der Waals surface area contributed by atoms with Gasteiger partial charge in [-0.25, -0.2) is 8.42 Å². The lowest BCUT2D eigenvalue weighted by atomic mass is 9.98. The van der Waals surface area contributed by atoms with Crippen LogP contribution in [0.5, 0.6) is 11.5 Å². The summed E-state index contributed by atoms with van der Waals surface area (Å²) in [6, 6.07) is 11.9. The minimum atomic E-state index is -3.69. The highest BCUT2D eigenvalue weighted by atomic mass is 32.2. The second kappa shape index (κ2) is 8.84. The molecule has 0 bridgehead atoms. The molecule has 2 aromatic carbocycles. The molecule has 8 heteroatoms. The first-order valence-electron chi connectivity index (χ1n) is 9.45. The number of rotatable bonds is 6. The third kappa shape index (κ3) is 4.54. The zero-order valence-corrected chi connectivity index (χ0v) is 17.7. The fourth-order valence-corrected chi connectivity index (χ4v) is 5.13. The number of methoxy groups -OCH3 is 2. The largest absolute Gasteiger partial charge is 0.496 e. The average molecular weight is 419 g/mol. The SMILES string of the molecule is COc1ccc(S(=O)(=O)N2CCC[C@H](C(=O)Nc3ccccc3OC)C2)cc1C. The van der Waals surface area contributed by atoms with E-state index in [1.165, 1.54) is 11.4 Å². The lowest BCUT2D eigenvalue weighted by Crippen LogP contribution is -2.43. The standard InChI is InChI=1S/C21H26N2O5S/c1-15-13-17(10-11-19(15)27-2)29(25,26)23-12-6-7-16(14-23)21(24)22-18-8-4-5-9-20(18)28-3/h4-5,8-11,13,16H,6-7,12,14H2,1-3H3,(H,22,24)/t16-/m0/s1. The first-order valence-corrected chi connectivity index (χ1v) is 10.9. The number of carbonyl (C=O) groups is 1. The molecule has 0 aromatic heterocycles. The van der Waals surface area contributed by atoms with Gasteiger partial charge in [-0.05, 0) is 55.7 Å². The Balaban J connectivity index is 1.76. The number of benzene rings is 2. The van der Waals surface area contributed by atoms with Gasteiger partial charge in [-0.1, -0.05) is 12.1 Å². The Morgan fingerprint density at radius 2 is 1.83 bits per heavy atom. The minimum Gasteiger partial charge on any atom is -0.496 e. The summed E-state index contributed by atoms with van der Waals surface area (Å²) in [4.78, 5) is 13.0. The molecule has 1 saturated heterocycles.